The van der Waals surface area contributed by atoms with Gasteiger partial charge in [-0.25, -0.2) is 4.98 Å². The number of benzene rings is 2. The summed E-state index contributed by atoms with van der Waals surface area (Å²) < 4.78 is 5.48. The molecule has 3 aliphatic rings. The number of thiazole rings is 1. The molecule has 3 aromatic rings. The van der Waals surface area contributed by atoms with Crippen molar-refractivity contribution in [2.45, 2.75) is 89.0 Å². The molecule has 1 aromatic heterocycles. The lowest BCUT2D eigenvalue weighted by Gasteiger charge is -2.36. The third-order valence-electron chi connectivity index (χ3n) is 10.1. The number of carbonyl (C=O) groups excluding carboxylic acids is 2. The lowest BCUT2D eigenvalue weighted by molar-refractivity contribution is -0.123. The highest BCUT2D eigenvalue weighted by Crippen LogP contribution is 2.44. The summed E-state index contributed by atoms with van der Waals surface area (Å²) in [7, 11) is 3.51. The second-order valence-corrected chi connectivity index (χ2v) is 14.5. The van der Waals surface area contributed by atoms with Crippen molar-refractivity contribution >= 4 is 28.8 Å². The molecule has 8 heteroatoms. The fraction of sp³-hybridized carbons (Fsp3) is 0.541. The average molecular weight is 629 g/mol. The van der Waals surface area contributed by atoms with E-state index in [1.165, 1.54) is 33.9 Å². The molecule has 1 heterocycles. The summed E-state index contributed by atoms with van der Waals surface area (Å²) >= 11 is 1.80. The van der Waals surface area contributed by atoms with Crippen molar-refractivity contribution in [3.8, 4) is 16.2 Å². The molecule has 7 nitrogen and oxygen atoms in total. The number of amides is 2. The predicted molar refractivity (Wildman–Crippen MR) is 182 cm³/mol. The first-order valence-electron chi connectivity index (χ1n) is 16.9. The number of hydrogen-bond donors (Lipinski definition) is 2. The van der Waals surface area contributed by atoms with Crippen LogP contribution in [0.4, 0.5) is 5.69 Å². The van der Waals surface area contributed by atoms with Gasteiger partial charge in [0.2, 0.25) is 11.8 Å². The Morgan fingerprint density at radius 2 is 1.71 bits per heavy atom. The van der Waals surface area contributed by atoms with Gasteiger partial charge >= 0.3 is 0 Å². The summed E-state index contributed by atoms with van der Waals surface area (Å²) in [5, 5.41) is 7.30. The zero-order valence-electron chi connectivity index (χ0n) is 27.0. The number of rotatable bonds is 11. The molecule has 0 spiro atoms. The third kappa shape index (κ3) is 7.78. The van der Waals surface area contributed by atoms with E-state index in [-0.39, 0.29) is 23.8 Å². The molecule has 0 unspecified atom stereocenters. The van der Waals surface area contributed by atoms with Crippen LogP contribution >= 0.6 is 11.3 Å². The SMILES string of the molecule is CNCC(=O)N[C@H]1CC[C@H](C(=O)N(C[C@H]2CC[C@H](c3ccc(OC)c(C)c3)CC2)c2cccc(-c3cnc(C4CC4)s3)c2)CC1. The summed E-state index contributed by atoms with van der Waals surface area (Å²) in [6.07, 6.45) is 12.3. The Labute approximate surface area is 272 Å². The molecular formula is C37H48N4O3S. The van der Waals surface area contributed by atoms with Crippen LogP contribution in [0.25, 0.3) is 10.4 Å². The molecule has 0 aliphatic heterocycles. The molecular weight excluding hydrogens is 580 g/mol. The average Bonchev–Trinajstić information content (AvgIpc) is 3.80. The van der Waals surface area contributed by atoms with E-state index >= 15 is 0 Å². The number of aromatic nitrogens is 1. The van der Waals surface area contributed by atoms with Crippen LogP contribution in [0, 0.1) is 18.8 Å². The van der Waals surface area contributed by atoms with E-state index in [2.05, 4.69) is 64.9 Å². The molecule has 0 saturated heterocycles. The maximum atomic E-state index is 14.3. The van der Waals surface area contributed by atoms with Crippen molar-refractivity contribution < 1.29 is 14.3 Å². The standard InChI is InChI=1S/C37H48N4O3S/c1-24-19-29(15-18-33(24)44-3)26-9-7-25(8-10-26)23-41(37(43)28-13-16-31(17-14-28)40-35(42)22-38-2)32-6-4-5-30(20-32)34-21-39-36(45-34)27-11-12-27/h4-6,15,18-21,25-28,31,38H,7-14,16-17,22-23H2,1-3H3,(H,40,42)/t25-,26-,28-,31-. The fourth-order valence-corrected chi connectivity index (χ4v) is 8.41. The van der Waals surface area contributed by atoms with E-state index in [0.717, 1.165) is 74.9 Å². The van der Waals surface area contributed by atoms with Gasteiger partial charge in [0.05, 0.1) is 23.5 Å². The minimum absolute atomic E-state index is 0.0189. The summed E-state index contributed by atoms with van der Waals surface area (Å²) in [5.41, 5.74) is 4.73. The molecule has 2 N–H and O–H groups in total. The first-order chi connectivity index (χ1) is 21.9. The Morgan fingerprint density at radius 1 is 0.956 bits per heavy atom. The van der Waals surface area contributed by atoms with Crippen LogP contribution in [0.15, 0.2) is 48.7 Å². The van der Waals surface area contributed by atoms with Crippen molar-refractivity contribution in [2.75, 3.05) is 32.1 Å². The summed E-state index contributed by atoms with van der Waals surface area (Å²) in [6, 6.07) is 15.3. The number of methoxy groups -OCH3 is 1. The molecule has 45 heavy (non-hydrogen) atoms. The molecule has 2 amide bonds. The van der Waals surface area contributed by atoms with Crippen molar-refractivity contribution in [3.63, 3.8) is 0 Å². The zero-order valence-corrected chi connectivity index (χ0v) is 27.8. The number of anilines is 1. The smallest absolute Gasteiger partial charge is 0.234 e. The van der Waals surface area contributed by atoms with Crippen molar-refractivity contribution in [1.82, 2.24) is 15.6 Å². The van der Waals surface area contributed by atoms with E-state index in [4.69, 9.17) is 9.72 Å². The lowest BCUT2D eigenvalue weighted by atomic mass is 9.78. The Morgan fingerprint density at radius 3 is 2.40 bits per heavy atom. The first-order valence-corrected chi connectivity index (χ1v) is 17.7. The molecule has 6 rings (SSSR count). The van der Waals surface area contributed by atoms with Crippen LogP contribution in [-0.4, -0.2) is 50.1 Å². The second kappa shape index (κ2) is 14.5. The number of hydrogen-bond acceptors (Lipinski definition) is 6. The quantitative estimate of drug-likeness (QED) is 0.235. The fourth-order valence-electron chi connectivity index (χ4n) is 7.33. The van der Waals surface area contributed by atoms with E-state index < -0.39 is 0 Å². The van der Waals surface area contributed by atoms with Crippen molar-refractivity contribution in [2.24, 2.45) is 11.8 Å². The number of carbonyl (C=O) groups is 2. The van der Waals surface area contributed by atoms with Gasteiger partial charge in [0.25, 0.3) is 0 Å². The lowest BCUT2D eigenvalue weighted by Crippen LogP contribution is -2.45. The van der Waals surface area contributed by atoms with Gasteiger partial charge in [-0.3, -0.25) is 9.59 Å². The van der Waals surface area contributed by atoms with Gasteiger partial charge in [0.1, 0.15) is 5.75 Å². The van der Waals surface area contributed by atoms with Gasteiger partial charge in [0, 0.05) is 36.3 Å². The molecule has 2 aromatic carbocycles. The topological polar surface area (TPSA) is 83.6 Å². The molecule has 0 atom stereocenters. The third-order valence-corrected chi connectivity index (χ3v) is 11.3. The molecule has 240 valence electrons. The normalized spacial score (nSPS) is 23.4. The molecule has 3 saturated carbocycles. The Bertz CT molecular complexity index is 1470. The maximum Gasteiger partial charge on any atom is 0.234 e. The van der Waals surface area contributed by atoms with E-state index in [0.29, 0.717) is 24.3 Å². The van der Waals surface area contributed by atoms with E-state index in [1.54, 1.807) is 25.5 Å². The number of likely N-dealkylation sites (N-methyl/N-ethyl adjacent to an activating group) is 1. The zero-order chi connectivity index (χ0) is 31.3. The van der Waals surface area contributed by atoms with Crippen LogP contribution < -0.4 is 20.3 Å². The van der Waals surface area contributed by atoms with Crippen LogP contribution in [-0.2, 0) is 9.59 Å². The summed E-state index contributed by atoms with van der Waals surface area (Å²) in [6.45, 7) is 3.20. The largest absolute Gasteiger partial charge is 0.496 e. The van der Waals surface area contributed by atoms with Crippen LogP contribution in [0.1, 0.15) is 92.2 Å². The van der Waals surface area contributed by atoms with Crippen molar-refractivity contribution in [1.29, 1.82) is 0 Å². The Hall–Kier alpha value is -3.23. The minimum atomic E-state index is -0.0189. The number of nitrogens with one attached hydrogen (secondary N) is 2. The number of ether oxygens (including phenoxy) is 1. The van der Waals surface area contributed by atoms with Crippen LogP contribution in [0.5, 0.6) is 5.75 Å². The minimum Gasteiger partial charge on any atom is -0.496 e. The number of aryl methyl sites for hydroxylation is 1. The van der Waals surface area contributed by atoms with Gasteiger partial charge in [-0.05, 0) is 125 Å². The Balaban J connectivity index is 1.16. The molecule has 3 fully saturated rings. The molecule has 3 aliphatic carbocycles. The number of nitrogens with zero attached hydrogens (tertiary/aromatic N) is 2. The summed E-state index contributed by atoms with van der Waals surface area (Å²) in [4.78, 5) is 34.5. The van der Waals surface area contributed by atoms with Crippen molar-refractivity contribution in [3.05, 3.63) is 64.8 Å². The molecule has 0 radical (unpaired) electrons. The van der Waals surface area contributed by atoms with E-state index in [1.807, 2.05) is 6.20 Å². The Kier molecular flexibility index (Phi) is 10.2. The van der Waals surface area contributed by atoms with Crippen LogP contribution in [0.3, 0.4) is 0 Å². The molecule has 0 bridgehead atoms. The monoisotopic (exact) mass is 628 g/mol. The second-order valence-electron chi connectivity index (χ2n) is 13.4. The maximum absolute atomic E-state index is 14.3. The van der Waals surface area contributed by atoms with Gasteiger partial charge < -0.3 is 20.3 Å². The highest BCUT2D eigenvalue weighted by atomic mass is 32.1. The predicted octanol–water partition coefficient (Wildman–Crippen LogP) is 7.21. The van der Waals surface area contributed by atoms with Crippen LogP contribution in [0.2, 0.25) is 0 Å². The highest BCUT2D eigenvalue weighted by molar-refractivity contribution is 7.15. The van der Waals surface area contributed by atoms with Gasteiger partial charge in [-0.2, -0.15) is 0 Å². The van der Waals surface area contributed by atoms with Gasteiger partial charge in [-0.15, -0.1) is 11.3 Å². The van der Waals surface area contributed by atoms with E-state index in [9.17, 15) is 9.59 Å². The van der Waals surface area contributed by atoms with Gasteiger partial charge in [0.15, 0.2) is 0 Å². The summed E-state index contributed by atoms with van der Waals surface area (Å²) in [5.74, 6) is 2.85. The van der Waals surface area contributed by atoms with Gasteiger partial charge in [-0.1, -0.05) is 24.3 Å². The highest BCUT2D eigenvalue weighted by Gasteiger charge is 2.33. The first kappa shape index (κ1) is 31.7.